The molecule has 116 valence electrons. The van der Waals surface area contributed by atoms with Crippen molar-refractivity contribution in [1.29, 1.82) is 5.26 Å². The number of nitriles is 1. The van der Waals surface area contributed by atoms with Crippen LogP contribution >= 0.6 is 11.8 Å². The lowest BCUT2D eigenvalue weighted by atomic mass is 9.99. The van der Waals surface area contributed by atoms with E-state index in [1.165, 1.54) is 11.1 Å². The molecular formula is C18H22N2OS. The molecule has 1 heterocycles. The van der Waals surface area contributed by atoms with Crippen molar-refractivity contribution in [2.75, 3.05) is 11.5 Å². The predicted molar refractivity (Wildman–Crippen MR) is 89.8 cm³/mol. The molecule has 3 atom stereocenters. The van der Waals surface area contributed by atoms with Crippen molar-refractivity contribution in [2.24, 2.45) is 5.92 Å². The van der Waals surface area contributed by atoms with Crippen molar-refractivity contribution in [3.8, 4) is 6.07 Å². The molecule has 22 heavy (non-hydrogen) atoms. The Labute approximate surface area is 136 Å². The fourth-order valence-electron chi connectivity index (χ4n) is 3.09. The Morgan fingerprint density at radius 1 is 1.41 bits per heavy atom. The monoisotopic (exact) mass is 314 g/mol. The van der Waals surface area contributed by atoms with Gasteiger partial charge in [0.2, 0.25) is 5.91 Å². The van der Waals surface area contributed by atoms with Crippen LogP contribution in [0.15, 0.2) is 24.3 Å². The molecule has 3 rings (SSSR count). The molecule has 1 N–H and O–H groups in total. The summed E-state index contributed by atoms with van der Waals surface area (Å²) in [6, 6.07) is 10.9. The van der Waals surface area contributed by atoms with E-state index >= 15 is 0 Å². The van der Waals surface area contributed by atoms with Gasteiger partial charge in [-0.3, -0.25) is 4.79 Å². The molecule has 1 saturated carbocycles. The maximum absolute atomic E-state index is 12.4. The van der Waals surface area contributed by atoms with Crippen molar-refractivity contribution in [3.05, 3.63) is 35.4 Å². The highest BCUT2D eigenvalue weighted by atomic mass is 32.2. The summed E-state index contributed by atoms with van der Waals surface area (Å²) >= 11 is 1.74. The highest BCUT2D eigenvalue weighted by Crippen LogP contribution is 2.48. The molecule has 0 spiro atoms. The number of benzene rings is 1. The van der Waals surface area contributed by atoms with E-state index in [4.69, 9.17) is 0 Å². The molecule has 1 saturated heterocycles. The van der Waals surface area contributed by atoms with Gasteiger partial charge in [0.25, 0.3) is 0 Å². The molecule has 4 heteroatoms. The van der Waals surface area contributed by atoms with Crippen LogP contribution in [0.1, 0.15) is 49.7 Å². The van der Waals surface area contributed by atoms with E-state index < -0.39 is 5.54 Å². The van der Waals surface area contributed by atoms with E-state index in [1.54, 1.807) is 11.8 Å². The molecule has 1 aliphatic heterocycles. The average molecular weight is 314 g/mol. The van der Waals surface area contributed by atoms with Gasteiger partial charge in [0.05, 0.1) is 6.07 Å². The molecule has 0 radical (unpaired) electrons. The van der Waals surface area contributed by atoms with Gasteiger partial charge in [-0.25, -0.2) is 0 Å². The van der Waals surface area contributed by atoms with Crippen molar-refractivity contribution in [2.45, 2.75) is 44.1 Å². The van der Waals surface area contributed by atoms with Crippen LogP contribution < -0.4 is 5.32 Å². The van der Waals surface area contributed by atoms with Crippen LogP contribution in [0.4, 0.5) is 0 Å². The van der Waals surface area contributed by atoms with Crippen molar-refractivity contribution in [1.82, 2.24) is 5.32 Å². The Kier molecular flexibility index (Phi) is 4.18. The van der Waals surface area contributed by atoms with Gasteiger partial charge < -0.3 is 5.32 Å². The number of nitrogens with zero attached hydrogens (tertiary/aromatic N) is 1. The Morgan fingerprint density at radius 2 is 2.14 bits per heavy atom. The molecule has 0 bridgehead atoms. The minimum atomic E-state index is -0.629. The van der Waals surface area contributed by atoms with Crippen LogP contribution in [0, 0.1) is 17.2 Å². The topological polar surface area (TPSA) is 52.9 Å². The van der Waals surface area contributed by atoms with E-state index in [1.807, 2.05) is 0 Å². The lowest BCUT2D eigenvalue weighted by Gasteiger charge is -2.21. The molecule has 0 unspecified atom stereocenters. The van der Waals surface area contributed by atoms with Crippen molar-refractivity contribution < 1.29 is 4.79 Å². The normalized spacial score (nSPS) is 30.1. The summed E-state index contributed by atoms with van der Waals surface area (Å²) in [5.41, 5.74) is 1.95. The molecule has 2 aliphatic rings. The fourth-order valence-corrected chi connectivity index (χ4v) is 4.36. The molecular weight excluding hydrogens is 292 g/mol. The van der Waals surface area contributed by atoms with Crippen LogP contribution in [-0.4, -0.2) is 23.0 Å². The third-order valence-corrected chi connectivity index (χ3v) is 5.95. The van der Waals surface area contributed by atoms with Crippen LogP contribution in [0.3, 0.4) is 0 Å². The number of hydrogen-bond acceptors (Lipinski definition) is 3. The molecule has 2 fully saturated rings. The summed E-state index contributed by atoms with van der Waals surface area (Å²) in [6.45, 7) is 4.37. The first kappa shape index (κ1) is 15.4. The minimum absolute atomic E-state index is 0.0423. The summed E-state index contributed by atoms with van der Waals surface area (Å²) in [5, 5.41) is 12.4. The highest BCUT2D eigenvalue weighted by molar-refractivity contribution is 7.99. The van der Waals surface area contributed by atoms with Crippen molar-refractivity contribution in [3.63, 3.8) is 0 Å². The SMILES string of the molecule is CC(C)c1ccc([C@@H]2C[C@H]2C(=O)N[C@]2(C#N)CCSC2)cc1. The second-order valence-electron chi connectivity index (χ2n) is 6.76. The van der Waals surface area contributed by atoms with Crippen LogP contribution in [0.5, 0.6) is 0 Å². The van der Waals surface area contributed by atoms with Gasteiger partial charge in [-0.15, -0.1) is 0 Å². The molecule has 3 nitrogen and oxygen atoms in total. The Balaban J connectivity index is 1.62. The number of hydrogen-bond donors (Lipinski definition) is 1. The molecule has 0 aromatic heterocycles. The third-order valence-electron chi connectivity index (χ3n) is 4.76. The van der Waals surface area contributed by atoms with Gasteiger partial charge in [0.1, 0.15) is 5.54 Å². The Hall–Kier alpha value is -1.47. The first-order chi connectivity index (χ1) is 10.5. The lowest BCUT2D eigenvalue weighted by molar-refractivity contribution is -0.123. The number of amides is 1. The fraction of sp³-hybridized carbons (Fsp3) is 0.556. The largest absolute Gasteiger partial charge is 0.337 e. The molecule has 1 aromatic carbocycles. The zero-order valence-electron chi connectivity index (χ0n) is 13.1. The zero-order chi connectivity index (χ0) is 15.7. The predicted octanol–water partition coefficient (Wildman–Crippen LogP) is 3.43. The second-order valence-corrected chi connectivity index (χ2v) is 7.86. The first-order valence-corrected chi connectivity index (χ1v) is 9.11. The van der Waals surface area contributed by atoms with Crippen molar-refractivity contribution >= 4 is 17.7 Å². The first-order valence-electron chi connectivity index (χ1n) is 7.95. The second kappa shape index (κ2) is 5.96. The van der Waals surface area contributed by atoms with E-state index in [-0.39, 0.29) is 11.8 Å². The number of carbonyl (C=O) groups excluding carboxylic acids is 1. The van der Waals surface area contributed by atoms with Gasteiger partial charge >= 0.3 is 0 Å². The summed E-state index contributed by atoms with van der Waals surface area (Å²) < 4.78 is 0. The van der Waals surface area contributed by atoms with Gasteiger partial charge in [-0.2, -0.15) is 17.0 Å². The average Bonchev–Trinajstić information content (AvgIpc) is 3.20. The zero-order valence-corrected chi connectivity index (χ0v) is 14.0. The molecule has 1 aromatic rings. The summed E-state index contributed by atoms with van der Waals surface area (Å²) in [6.07, 6.45) is 1.67. The number of nitrogens with one attached hydrogen (secondary N) is 1. The quantitative estimate of drug-likeness (QED) is 0.926. The van der Waals surface area contributed by atoms with Gasteiger partial charge in [0, 0.05) is 11.7 Å². The van der Waals surface area contributed by atoms with Crippen LogP contribution in [0.25, 0.3) is 0 Å². The van der Waals surface area contributed by atoms with E-state index in [9.17, 15) is 10.1 Å². The molecule has 1 aliphatic carbocycles. The number of thioether (sulfide) groups is 1. The smallest absolute Gasteiger partial charge is 0.225 e. The highest BCUT2D eigenvalue weighted by Gasteiger charge is 2.47. The lowest BCUT2D eigenvalue weighted by Crippen LogP contribution is -2.48. The summed E-state index contributed by atoms with van der Waals surface area (Å²) in [5.74, 6) is 2.63. The van der Waals surface area contributed by atoms with E-state index in [2.05, 4.69) is 49.5 Å². The third kappa shape index (κ3) is 3.01. The Bertz CT molecular complexity index is 597. The van der Waals surface area contributed by atoms with Gasteiger partial charge in [-0.05, 0) is 41.6 Å². The maximum atomic E-state index is 12.4. The van der Waals surface area contributed by atoms with E-state index in [0.717, 1.165) is 24.3 Å². The van der Waals surface area contributed by atoms with Crippen LogP contribution in [-0.2, 0) is 4.79 Å². The molecule has 1 amide bonds. The van der Waals surface area contributed by atoms with E-state index in [0.29, 0.717) is 11.8 Å². The Morgan fingerprint density at radius 3 is 2.68 bits per heavy atom. The number of carbonyl (C=O) groups is 1. The van der Waals surface area contributed by atoms with Crippen LogP contribution in [0.2, 0.25) is 0 Å². The summed E-state index contributed by atoms with van der Waals surface area (Å²) in [4.78, 5) is 12.4. The number of rotatable bonds is 4. The summed E-state index contributed by atoms with van der Waals surface area (Å²) in [7, 11) is 0. The van der Waals surface area contributed by atoms with Gasteiger partial charge in [0.15, 0.2) is 0 Å². The standard InChI is InChI=1S/C18H22N2OS/c1-12(2)13-3-5-14(6-4-13)15-9-16(15)17(21)20-18(10-19)7-8-22-11-18/h3-6,12,15-16H,7-9,11H2,1-2H3,(H,20,21)/t15-,16+,18-/m0/s1. The maximum Gasteiger partial charge on any atom is 0.225 e. The minimum Gasteiger partial charge on any atom is -0.337 e. The van der Waals surface area contributed by atoms with Gasteiger partial charge in [-0.1, -0.05) is 38.1 Å².